The van der Waals surface area contributed by atoms with Gasteiger partial charge in [0.1, 0.15) is 23.9 Å². The molecule has 0 heterocycles. The number of rotatable bonds is 10. The summed E-state index contributed by atoms with van der Waals surface area (Å²) in [6.07, 6.45) is 4.18. The lowest BCUT2D eigenvalue weighted by molar-refractivity contribution is -0.134. The van der Waals surface area contributed by atoms with E-state index < -0.39 is 23.5 Å². The number of carboxylic acids is 2. The fraction of sp³-hybridized carbons (Fsp3) is 0.321. The Hall–Kier alpha value is -3.98. The van der Waals surface area contributed by atoms with Crippen LogP contribution < -0.4 is 9.47 Å². The Bertz CT molecular complexity index is 1130. The zero-order chi connectivity index (χ0) is 28.2. The predicted molar refractivity (Wildman–Crippen MR) is 140 cm³/mol. The molecule has 0 fully saturated rings. The average Bonchev–Trinajstić information content (AvgIpc) is 2.81. The van der Waals surface area contributed by atoms with Gasteiger partial charge in [0.15, 0.2) is 5.78 Å². The highest BCUT2D eigenvalue weighted by atomic mass is 19.1. The number of likely N-dealkylation sites (N-methyl/N-ethyl adjacent to an activating group) is 1. The molecule has 0 aliphatic heterocycles. The molecule has 0 amide bonds. The number of allylic oxidation sites excluding steroid dienone is 1. The maximum Gasteiger partial charge on any atom is 0.328 e. The molecule has 2 rings (SSSR count). The molecule has 0 bridgehead atoms. The Morgan fingerprint density at radius 1 is 0.973 bits per heavy atom. The maximum atomic E-state index is 14.2. The van der Waals surface area contributed by atoms with Gasteiger partial charge in [-0.2, -0.15) is 0 Å². The van der Waals surface area contributed by atoms with E-state index in [0.29, 0.717) is 30.3 Å². The summed E-state index contributed by atoms with van der Waals surface area (Å²) in [7, 11) is 5.42. The second kappa shape index (κ2) is 14.5. The number of ether oxygens (including phenoxy) is 2. The van der Waals surface area contributed by atoms with Crippen LogP contribution in [0.2, 0.25) is 0 Å². The van der Waals surface area contributed by atoms with E-state index in [4.69, 9.17) is 19.7 Å². The number of carbonyl (C=O) groups excluding carboxylic acids is 1. The van der Waals surface area contributed by atoms with Crippen molar-refractivity contribution in [3.05, 3.63) is 77.1 Å². The third-order valence-corrected chi connectivity index (χ3v) is 4.90. The van der Waals surface area contributed by atoms with Crippen molar-refractivity contribution in [2.45, 2.75) is 26.2 Å². The molecule has 0 spiro atoms. The van der Waals surface area contributed by atoms with Gasteiger partial charge in [0.25, 0.3) is 0 Å². The molecular weight excluding hydrogens is 481 g/mol. The van der Waals surface area contributed by atoms with E-state index in [9.17, 15) is 18.8 Å². The largest absolute Gasteiger partial charge is 0.497 e. The third-order valence-electron chi connectivity index (χ3n) is 4.90. The summed E-state index contributed by atoms with van der Waals surface area (Å²) in [6.45, 7) is 7.69. The van der Waals surface area contributed by atoms with Gasteiger partial charge in [-0.3, -0.25) is 4.79 Å². The molecule has 2 aromatic rings. The summed E-state index contributed by atoms with van der Waals surface area (Å²) in [5.74, 6) is -2.47. The molecule has 2 aromatic carbocycles. The van der Waals surface area contributed by atoms with Crippen LogP contribution in [0.3, 0.4) is 0 Å². The second-order valence-corrected chi connectivity index (χ2v) is 9.21. The Labute approximate surface area is 216 Å². The first kappa shape index (κ1) is 31.1. The first-order chi connectivity index (χ1) is 17.2. The van der Waals surface area contributed by atoms with E-state index in [-0.39, 0.29) is 11.0 Å². The first-order valence-corrected chi connectivity index (χ1v) is 11.4. The molecule has 0 saturated carbocycles. The molecule has 0 atom stereocenters. The summed E-state index contributed by atoms with van der Waals surface area (Å²) >= 11 is 0. The minimum absolute atomic E-state index is 0.00380. The predicted octanol–water partition coefficient (Wildman–Crippen LogP) is 4.68. The monoisotopic (exact) mass is 515 g/mol. The van der Waals surface area contributed by atoms with Gasteiger partial charge in [0, 0.05) is 30.3 Å². The molecule has 0 aliphatic rings. The SMILES string of the molecule is COc1ccc(C(=O)/C=C/c2cc(C(C)(C)C)ccc2OCCN(C)C)c(F)c1.O=C(O)/C=C/C(=O)O. The number of methoxy groups -OCH3 is 1. The molecule has 9 heteroatoms. The van der Waals surface area contributed by atoms with E-state index >= 15 is 0 Å². The van der Waals surface area contributed by atoms with Crippen LogP contribution in [0.1, 0.15) is 42.3 Å². The second-order valence-electron chi connectivity index (χ2n) is 9.21. The number of benzene rings is 2. The zero-order valence-corrected chi connectivity index (χ0v) is 21.9. The summed E-state index contributed by atoms with van der Waals surface area (Å²) in [4.78, 5) is 33.7. The fourth-order valence-electron chi connectivity index (χ4n) is 2.84. The Balaban J connectivity index is 0.000000738. The minimum Gasteiger partial charge on any atom is -0.497 e. The van der Waals surface area contributed by atoms with Crippen LogP contribution in [0, 0.1) is 5.82 Å². The summed E-state index contributed by atoms with van der Waals surface area (Å²) in [6, 6.07) is 10.2. The molecule has 0 aromatic heterocycles. The summed E-state index contributed by atoms with van der Waals surface area (Å²) in [5.41, 5.74) is 1.87. The molecule has 0 radical (unpaired) electrons. The molecule has 37 heavy (non-hydrogen) atoms. The Morgan fingerprint density at radius 2 is 1.59 bits per heavy atom. The van der Waals surface area contributed by atoms with Crippen molar-refractivity contribution in [2.75, 3.05) is 34.4 Å². The summed E-state index contributed by atoms with van der Waals surface area (Å²) < 4.78 is 25.1. The number of hydrogen-bond acceptors (Lipinski definition) is 6. The van der Waals surface area contributed by atoms with Gasteiger partial charge < -0.3 is 24.6 Å². The number of hydrogen-bond donors (Lipinski definition) is 2. The zero-order valence-electron chi connectivity index (χ0n) is 21.9. The fourth-order valence-corrected chi connectivity index (χ4v) is 2.84. The number of halogens is 1. The standard InChI is InChI=1S/C24H30FNO3.C4H4O4/c1-24(2,3)18-8-12-23(29-14-13-26(4)5)17(15-18)7-11-22(27)20-10-9-19(28-6)16-21(20)25;5-3(6)1-2-4(7)8/h7-12,15-16H,13-14H2,1-6H3;1-2H,(H,5,6)(H,7,8)/b11-7+;2-1+. The highest BCUT2D eigenvalue weighted by Crippen LogP contribution is 2.29. The normalized spacial score (nSPS) is 11.4. The molecule has 0 aliphatic carbocycles. The Kier molecular flexibility index (Phi) is 12.2. The van der Waals surface area contributed by atoms with Crippen molar-refractivity contribution in [1.82, 2.24) is 4.90 Å². The van der Waals surface area contributed by atoms with Crippen molar-refractivity contribution in [2.24, 2.45) is 0 Å². The number of ketones is 1. The van der Waals surface area contributed by atoms with Gasteiger partial charge >= 0.3 is 11.9 Å². The first-order valence-electron chi connectivity index (χ1n) is 11.4. The lowest BCUT2D eigenvalue weighted by Gasteiger charge is -2.21. The van der Waals surface area contributed by atoms with Crippen LogP contribution in [0.25, 0.3) is 6.08 Å². The topological polar surface area (TPSA) is 113 Å². The lowest BCUT2D eigenvalue weighted by Crippen LogP contribution is -2.19. The number of aliphatic carboxylic acids is 2. The van der Waals surface area contributed by atoms with Gasteiger partial charge in [-0.25, -0.2) is 14.0 Å². The Morgan fingerprint density at radius 3 is 2.08 bits per heavy atom. The van der Waals surface area contributed by atoms with Gasteiger partial charge in [-0.1, -0.05) is 26.8 Å². The maximum absolute atomic E-state index is 14.2. The number of carbonyl (C=O) groups is 3. The smallest absolute Gasteiger partial charge is 0.328 e. The van der Waals surface area contributed by atoms with E-state index in [1.807, 2.05) is 37.2 Å². The van der Waals surface area contributed by atoms with Gasteiger partial charge in [-0.05, 0) is 61.5 Å². The van der Waals surface area contributed by atoms with Crippen LogP contribution >= 0.6 is 0 Å². The van der Waals surface area contributed by atoms with Gasteiger partial charge in [-0.15, -0.1) is 0 Å². The van der Waals surface area contributed by atoms with Crippen LogP contribution in [0.5, 0.6) is 11.5 Å². The van der Waals surface area contributed by atoms with E-state index in [1.54, 1.807) is 12.1 Å². The highest BCUT2D eigenvalue weighted by molar-refractivity contribution is 6.07. The molecule has 0 saturated heterocycles. The van der Waals surface area contributed by atoms with Crippen molar-refractivity contribution < 1.29 is 38.5 Å². The molecule has 0 unspecified atom stereocenters. The van der Waals surface area contributed by atoms with Gasteiger partial charge in [0.05, 0.1) is 12.7 Å². The van der Waals surface area contributed by atoms with Crippen molar-refractivity contribution >= 4 is 23.8 Å². The van der Waals surface area contributed by atoms with Crippen molar-refractivity contribution in [1.29, 1.82) is 0 Å². The minimum atomic E-state index is -1.26. The van der Waals surface area contributed by atoms with E-state index in [0.717, 1.165) is 17.7 Å². The highest BCUT2D eigenvalue weighted by Gasteiger charge is 2.16. The number of carboxylic acid groups (broad SMARTS) is 2. The van der Waals surface area contributed by atoms with E-state index in [1.165, 1.54) is 25.3 Å². The van der Waals surface area contributed by atoms with Crippen LogP contribution in [-0.2, 0) is 15.0 Å². The lowest BCUT2D eigenvalue weighted by atomic mass is 9.86. The number of nitrogens with zero attached hydrogens (tertiary/aromatic N) is 1. The molecule has 2 N–H and O–H groups in total. The molecule has 200 valence electrons. The van der Waals surface area contributed by atoms with Crippen molar-refractivity contribution in [3.63, 3.8) is 0 Å². The van der Waals surface area contributed by atoms with Crippen LogP contribution in [0.4, 0.5) is 4.39 Å². The average molecular weight is 516 g/mol. The summed E-state index contributed by atoms with van der Waals surface area (Å²) in [5, 5.41) is 15.6. The third kappa shape index (κ3) is 11.5. The van der Waals surface area contributed by atoms with Crippen molar-refractivity contribution in [3.8, 4) is 11.5 Å². The molecule has 8 nitrogen and oxygen atoms in total. The van der Waals surface area contributed by atoms with Crippen LogP contribution in [-0.4, -0.2) is 67.2 Å². The molecular formula is C28H34FNO7. The van der Waals surface area contributed by atoms with Gasteiger partial charge in [0.2, 0.25) is 0 Å². The van der Waals surface area contributed by atoms with E-state index in [2.05, 4.69) is 20.8 Å². The van der Waals surface area contributed by atoms with Crippen LogP contribution in [0.15, 0.2) is 54.6 Å². The quantitative estimate of drug-likeness (QED) is 0.346.